The van der Waals surface area contributed by atoms with Gasteiger partial charge in [0.1, 0.15) is 12.0 Å². The molecule has 0 saturated carbocycles. The van der Waals surface area contributed by atoms with Gasteiger partial charge in [-0.15, -0.1) is 0 Å². The van der Waals surface area contributed by atoms with Crippen molar-refractivity contribution in [3.63, 3.8) is 0 Å². The van der Waals surface area contributed by atoms with Gasteiger partial charge in [-0.2, -0.15) is 18.2 Å². The first-order valence-corrected chi connectivity index (χ1v) is 6.58. The molecule has 0 aliphatic heterocycles. The molecule has 23 heavy (non-hydrogen) atoms. The lowest BCUT2D eigenvalue weighted by molar-refractivity contribution is -0.141. The van der Waals surface area contributed by atoms with E-state index in [-0.39, 0.29) is 24.2 Å². The average Bonchev–Trinajstić information content (AvgIpc) is 2.46. The van der Waals surface area contributed by atoms with Gasteiger partial charge < -0.3 is 15.7 Å². The molecule has 7 nitrogen and oxygen atoms in total. The van der Waals surface area contributed by atoms with Gasteiger partial charge in [0.2, 0.25) is 11.9 Å². The fourth-order valence-corrected chi connectivity index (χ4v) is 1.55. The number of rotatable bonds is 5. The predicted octanol–water partition coefficient (Wildman–Crippen LogP) is 2.21. The molecule has 0 fully saturated rings. The molecule has 0 bridgehead atoms. The summed E-state index contributed by atoms with van der Waals surface area (Å²) in [6.07, 6.45) is -2.29. The lowest BCUT2D eigenvalue weighted by atomic mass is 10.1. The Morgan fingerprint density at radius 3 is 2.48 bits per heavy atom. The summed E-state index contributed by atoms with van der Waals surface area (Å²) in [5, 5.41) is 14.7. The molecule has 0 radical (unpaired) electrons. The van der Waals surface area contributed by atoms with Crippen LogP contribution in [-0.4, -0.2) is 37.2 Å². The van der Waals surface area contributed by atoms with Crippen LogP contribution in [0.2, 0.25) is 0 Å². The number of aliphatic hydroxyl groups is 1. The molecule has 10 heteroatoms. The van der Waals surface area contributed by atoms with Crippen LogP contribution in [0.3, 0.4) is 0 Å². The Labute approximate surface area is 130 Å². The van der Waals surface area contributed by atoms with Gasteiger partial charge in [-0.3, -0.25) is 4.98 Å². The van der Waals surface area contributed by atoms with Crippen molar-refractivity contribution in [3.05, 3.63) is 30.4 Å². The number of alkyl halides is 3. The zero-order valence-electron chi connectivity index (χ0n) is 12.4. The van der Waals surface area contributed by atoms with Gasteiger partial charge in [-0.25, -0.2) is 9.97 Å². The number of hydrogen-bond donors (Lipinski definition) is 3. The normalized spacial score (nSPS) is 12.1. The van der Waals surface area contributed by atoms with Crippen LogP contribution < -0.4 is 10.6 Å². The zero-order chi connectivity index (χ0) is 17.1. The molecule has 2 aromatic heterocycles. The second kappa shape index (κ2) is 6.32. The van der Waals surface area contributed by atoms with E-state index in [1.165, 1.54) is 12.4 Å². The third-order valence-electron chi connectivity index (χ3n) is 2.72. The molecule has 0 aliphatic rings. The van der Waals surface area contributed by atoms with Crippen LogP contribution in [0, 0.1) is 0 Å². The summed E-state index contributed by atoms with van der Waals surface area (Å²) in [7, 11) is 0. The van der Waals surface area contributed by atoms with E-state index in [9.17, 15) is 18.3 Å². The van der Waals surface area contributed by atoms with Crippen LogP contribution in [-0.2, 0) is 6.18 Å². The van der Waals surface area contributed by atoms with E-state index in [1.807, 2.05) is 0 Å². The molecule has 0 aromatic carbocycles. The molecular formula is C13H15F3N6O. The van der Waals surface area contributed by atoms with Crippen molar-refractivity contribution in [1.82, 2.24) is 19.9 Å². The Balaban J connectivity index is 2.18. The lowest BCUT2D eigenvalue weighted by Crippen LogP contribution is -2.35. The third kappa shape index (κ3) is 4.74. The third-order valence-corrected chi connectivity index (χ3v) is 2.72. The minimum Gasteiger partial charge on any atom is -0.394 e. The minimum atomic E-state index is -4.53. The number of nitrogens with one attached hydrogen (secondary N) is 2. The second-order valence-corrected chi connectivity index (χ2v) is 5.35. The van der Waals surface area contributed by atoms with Gasteiger partial charge in [0.25, 0.3) is 0 Å². The molecule has 3 N–H and O–H groups in total. The molecule has 2 aromatic rings. The molecule has 0 unspecified atom stereocenters. The fraction of sp³-hybridized carbons (Fsp3) is 0.385. The summed E-state index contributed by atoms with van der Waals surface area (Å²) in [5.41, 5.74) is -1.53. The van der Waals surface area contributed by atoms with Crippen molar-refractivity contribution < 1.29 is 18.3 Å². The Morgan fingerprint density at radius 2 is 1.83 bits per heavy atom. The molecule has 2 rings (SSSR count). The molecule has 0 aliphatic carbocycles. The Morgan fingerprint density at radius 1 is 1.13 bits per heavy atom. The SMILES string of the molecule is CC(C)(CO)Nc1ncnc(Nc2ccnc(C(F)(F)F)c2)n1. The van der Waals surface area contributed by atoms with Crippen molar-refractivity contribution in [2.24, 2.45) is 0 Å². The molecule has 2 heterocycles. The quantitative estimate of drug-likeness (QED) is 0.774. The smallest absolute Gasteiger partial charge is 0.394 e. The van der Waals surface area contributed by atoms with Gasteiger partial charge in [0, 0.05) is 11.9 Å². The van der Waals surface area contributed by atoms with Crippen LogP contribution in [0.15, 0.2) is 24.7 Å². The zero-order valence-corrected chi connectivity index (χ0v) is 12.4. The maximum Gasteiger partial charge on any atom is 0.433 e. The topological polar surface area (TPSA) is 95.8 Å². The molecule has 0 spiro atoms. The number of pyridine rings is 1. The highest BCUT2D eigenvalue weighted by molar-refractivity contribution is 5.54. The first kappa shape index (κ1) is 16.9. The summed E-state index contributed by atoms with van der Waals surface area (Å²) in [5.74, 6) is 0.252. The highest BCUT2D eigenvalue weighted by Crippen LogP contribution is 2.29. The van der Waals surface area contributed by atoms with Gasteiger partial charge >= 0.3 is 6.18 Å². The summed E-state index contributed by atoms with van der Waals surface area (Å²) >= 11 is 0. The molecular weight excluding hydrogens is 313 g/mol. The van der Waals surface area contributed by atoms with E-state index in [4.69, 9.17) is 0 Å². The number of aromatic nitrogens is 4. The monoisotopic (exact) mass is 328 g/mol. The Hall–Kier alpha value is -2.49. The Bertz CT molecular complexity index is 677. The van der Waals surface area contributed by atoms with Crippen LogP contribution in [0.5, 0.6) is 0 Å². The van der Waals surface area contributed by atoms with E-state index in [2.05, 4.69) is 30.6 Å². The summed E-state index contributed by atoms with van der Waals surface area (Å²) in [4.78, 5) is 15.0. The summed E-state index contributed by atoms with van der Waals surface area (Å²) in [6.45, 7) is 3.32. The van der Waals surface area contributed by atoms with Crippen LogP contribution in [0.1, 0.15) is 19.5 Å². The lowest BCUT2D eigenvalue weighted by Gasteiger charge is -2.23. The van der Waals surface area contributed by atoms with E-state index < -0.39 is 17.4 Å². The van der Waals surface area contributed by atoms with Gasteiger partial charge in [0.05, 0.1) is 12.1 Å². The van der Waals surface area contributed by atoms with Gasteiger partial charge in [-0.1, -0.05) is 0 Å². The molecule has 124 valence electrons. The van der Waals surface area contributed by atoms with Gasteiger partial charge in [0.15, 0.2) is 0 Å². The first-order valence-electron chi connectivity index (χ1n) is 6.58. The second-order valence-electron chi connectivity index (χ2n) is 5.35. The molecule has 0 atom stereocenters. The van der Waals surface area contributed by atoms with Gasteiger partial charge in [-0.05, 0) is 26.0 Å². The van der Waals surface area contributed by atoms with Crippen LogP contribution >= 0.6 is 0 Å². The summed E-state index contributed by atoms with van der Waals surface area (Å²) < 4.78 is 37.9. The number of halogens is 3. The van der Waals surface area contributed by atoms with Crippen molar-refractivity contribution in [3.8, 4) is 0 Å². The maximum atomic E-state index is 12.6. The minimum absolute atomic E-state index is 0.0653. The largest absolute Gasteiger partial charge is 0.433 e. The van der Waals surface area contributed by atoms with Crippen molar-refractivity contribution in [1.29, 1.82) is 0 Å². The standard InChI is InChI=1S/C13H15F3N6O/c1-12(2,6-23)22-11-19-7-18-10(21-11)20-8-3-4-17-9(5-8)13(14,15)16/h3-5,7,23H,6H2,1-2H3,(H2,17,18,19,20,21,22). The van der Waals surface area contributed by atoms with E-state index in [1.54, 1.807) is 13.8 Å². The summed E-state index contributed by atoms with van der Waals surface area (Å²) in [6, 6.07) is 2.22. The van der Waals surface area contributed by atoms with Crippen molar-refractivity contribution in [2.45, 2.75) is 25.6 Å². The predicted molar refractivity (Wildman–Crippen MR) is 77.1 cm³/mol. The van der Waals surface area contributed by atoms with E-state index >= 15 is 0 Å². The molecule has 0 amide bonds. The highest BCUT2D eigenvalue weighted by atomic mass is 19.4. The van der Waals surface area contributed by atoms with Crippen LogP contribution in [0.25, 0.3) is 0 Å². The van der Waals surface area contributed by atoms with Crippen molar-refractivity contribution in [2.75, 3.05) is 17.2 Å². The number of aliphatic hydroxyl groups excluding tert-OH is 1. The number of hydrogen-bond acceptors (Lipinski definition) is 7. The maximum absolute atomic E-state index is 12.6. The van der Waals surface area contributed by atoms with E-state index in [0.29, 0.717) is 0 Å². The van der Waals surface area contributed by atoms with E-state index in [0.717, 1.165) is 12.3 Å². The van der Waals surface area contributed by atoms with Crippen molar-refractivity contribution >= 4 is 17.6 Å². The molecule has 0 saturated heterocycles. The first-order chi connectivity index (χ1) is 10.7. The highest BCUT2D eigenvalue weighted by Gasteiger charge is 2.32. The fourth-order valence-electron chi connectivity index (χ4n) is 1.55. The Kier molecular flexibility index (Phi) is 4.64. The number of anilines is 3. The number of nitrogens with zero attached hydrogens (tertiary/aromatic N) is 4. The average molecular weight is 328 g/mol. The van der Waals surface area contributed by atoms with Crippen LogP contribution in [0.4, 0.5) is 30.8 Å².